The molecule has 9 nitrogen and oxygen atoms in total. The van der Waals surface area contributed by atoms with Crippen molar-refractivity contribution in [2.45, 2.75) is 31.3 Å². The van der Waals surface area contributed by atoms with Gasteiger partial charge in [-0.15, -0.1) is 0 Å². The van der Waals surface area contributed by atoms with Gasteiger partial charge in [-0.05, 0) is 6.07 Å². The molecule has 2 atom stereocenters. The van der Waals surface area contributed by atoms with Gasteiger partial charge < -0.3 is 5.73 Å². The average molecular weight is 582 g/mol. The zero-order valence-corrected chi connectivity index (χ0v) is 23.4. The SMILES string of the molecule is CC[AsH]c1nc(-c2ccc(NC(=O)NCc3ccc(N)nc3)cc2)ccc1C(=O)NCCN1CCC(F)C1. The molecule has 1 aromatic carbocycles. The second-order valence-corrected chi connectivity index (χ2v) is 12.3. The minimum absolute atomic E-state index is 0.132. The first-order chi connectivity index (χ1) is 18.4. The van der Waals surface area contributed by atoms with E-state index in [1.54, 1.807) is 12.3 Å². The third kappa shape index (κ3) is 7.76. The van der Waals surface area contributed by atoms with Crippen molar-refractivity contribution in [1.29, 1.82) is 0 Å². The van der Waals surface area contributed by atoms with Crippen molar-refractivity contribution in [3.63, 3.8) is 0 Å². The summed E-state index contributed by atoms with van der Waals surface area (Å²) < 4.78 is 14.2. The number of amides is 3. The number of urea groups is 1. The Bertz CT molecular complexity index is 1240. The Kier molecular flexibility index (Phi) is 9.67. The van der Waals surface area contributed by atoms with E-state index in [-0.39, 0.29) is 11.9 Å². The van der Waals surface area contributed by atoms with E-state index in [0.717, 1.165) is 33.1 Å². The van der Waals surface area contributed by atoms with Crippen LogP contribution >= 0.6 is 0 Å². The molecule has 5 N–H and O–H groups in total. The van der Waals surface area contributed by atoms with E-state index in [4.69, 9.17) is 10.7 Å². The number of likely N-dealkylation sites (tertiary alicyclic amines) is 1. The number of anilines is 2. The van der Waals surface area contributed by atoms with Crippen molar-refractivity contribution in [3.8, 4) is 11.3 Å². The minimum atomic E-state index is -0.760. The molecule has 3 heterocycles. The summed E-state index contributed by atoms with van der Waals surface area (Å²) in [6.45, 7) is 4.75. The Morgan fingerprint density at radius 3 is 2.63 bits per heavy atom. The van der Waals surface area contributed by atoms with Crippen LogP contribution in [-0.2, 0) is 6.54 Å². The maximum absolute atomic E-state index is 13.4. The Balaban J connectivity index is 1.33. The van der Waals surface area contributed by atoms with Crippen molar-refractivity contribution in [1.82, 2.24) is 25.5 Å². The third-order valence-electron chi connectivity index (χ3n) is 6.15. The van der Waals surface area contributed by atoms with Crippen LogP contribution in [0.25, 0.3) is 11.3 Å². The van der Waals surface area contributed by atoms with E-state index in [9.17, 15) is 14.0 Å². The quantitative estimate of drug-likeness (QED) is 0.273. The number of benzene rings is 1. The number of nitrogens with one attached hydrogen (secondary N) is 3. The second-order valence-electron chi connectivity index (χ2n) is 9.04. The molecule has 0 aliphatic carbocycles. The Morgan fingerprint density at radius 1 is 1.13 bits per heavy atom. The van der Waals surface area contributed by atoms with Gasteiger partial charge in [0, 0.05) is 6.20 Å². The van der Waals surface area contributed by atoms with E-state index in [1.807, 2.05) is 47.4 Å². The fraction of sp³-hybridized carbons (Fsp3) is 0.333. The normalized spacial score (nSPS) is 15.6. The molecular weight excluding hydrogens is 548 g/mol. The summed E-state index contributed by atoms with van der Waals surface area (Å²) in [5.74, 6) is 0.300. The van der Waals surface area contributed by atoms with Gasteiger partial charge in [-0.1, -0.05) is 6.07 Å². The third-order valence-corrected chi connectivity index (χ3v) is 8.40. The van der Waals surface area contributed by atoms with Crippen LogP contribution in [0.15, 0.2) is 54.7 Å². The predicted molar refractivity (Wildman–Crippen MR) is 150 cm³/mol. The number of aromatic nitrogens is 2. The van der Waals surface area contributed by atoms with Gasteiger partial charge in [-0.2, -0.15) is 0 Å². The maximum atomic E-state index is 13.4. The first-order valence-electron chi connectivity index (χ1n) is 12.7. The van der Waals surface area contributed by atoms with Gasteiger partial charge in [0.25, 0.3) is 0 Å². The fourth-order valence-electron chi connectivity index (χ4n) is 4.14. The molecule has 11 heteroatoms. The van der Waals surface area contributed by atoms with Crippen LogP contribution in [0.2, 0.25) is 5.21 Å². The van der Waals surface area contributed by atoms with E-state index in [1.165, 1.54) is 0 Å². The molecule has 1 aliphatic heterocycles. The Morgan fingerprint density at radius 2 is 1.95 bits per heavy atom. The molecule has 38 heavy (non-hydrogen) atoms. The Hall–Kier alpha value is -3.49. The molecule has 1 saturated heterocycles. The second kappa shape index (κ2) is 13.3. The number of carbonyl (C=O) groups excluding carboxylic acids is 2. The zero-order chi connectivity index (χ0) is 26.9. The standard InChI is InChI=1S/C27H33AsFN7O2/c1-2-28-25-22(26(37)31-12-14-36-13-11-20(29)17-36)8-9-23(35-25)19-4-6-21(7-5-19)34-27(38)33-16-18-3-10-24(30)32-15-18/h3-10,15,20,28H,2,11-14,16-17H2,1H3,(H2,30,32)(H,31,37)(H2,33,34,38). The summed E-state index contributed by atoms with van der Waals surface area (Å²) in [7, 11) is 0. The van der Waals surface area contributed by atoms with Gasteiger partial charge in [0.2, 0.25) is 0 Å². The van der Waals surface area contributed by atoms with Gasteiger partial charge in [0.15, 0.2) is 0 Å². The number of rotatable bonds is 10. The molecule has 1 aliphatic rings. The molecule has 200 valence electrons. The van der Waals surface area contributed by atoms with Gasteiger partial charge in [0.05, 0.1) is 0 Å². The van der Waals surface area contributed by atoms with E-state index >= 15 is 0 Å². The molecule has 0 saturated carbocycles. The van der Waals surface area contributed by atoms with Gasteiger partial charge in [-0.25, -0.2) is 4.98 Å². The van der Waals surface area contributed by atoms with Crippen molar-refractivity contribution in [3.05, 3.63) is 65.9 Å². The number of hydrogen-bond acceptors (Lipinski definition) is 6. The number of nitrogens with zero attached hydrogens (tertiary/aromatic N) is 3. The molecule has 3 aromatic rings. The van der Waals surface area contributed by atoms with E-state index in [2.05, 4.69) is 27.9 Å². The number of halogens is 1. The Labute approximate surface area is 228 Å². The summed E-state index contributed by atoms with van der Waals surface area (Å²) in [6, 6.07) is 14.3. The van der Waals surface area contributed by atoms with Gasteiger partial charge in [-0.3, -0.25) is 0 Å². The number of hydrogen-bond donors (Lipinski definition) is 4. The predicted octanol–water partition coefficient (Wildman–Crippen LogP) is 2.32. The van der Waals surface area contributed by atoms with Crippen LogP contribution in [0.3, 0.4) is 0 Å². The number of nitrogens with two attached hydrogens (primary N) is 1. The van der Waals surface area contributed by atoms with Crippen LogP contribution in [-0.4, -0.2) is 74.9 Å². The van der Waals surface area contributed by atoms with Gasteiger partial charge >= 0.3 is 194 Å². The molecule has 0 bridgehead atoms. The molecule has 2 aromatic heterocycles. The first-order valence-corrected chi connectivity index (χ1v) is 15.2. The number of nitrogen functional groups attached to an aromatic ring is 1. The van der Waals surface area contributed by atoms with Crippen LogP contribution in [0.1, 0.15) is 29.3 Å². The zero-order valence-electron chi connectivity index (χ0n) is 21.3. The molecule has 3 amide bonds. The van der Waals surface area contributed by atoms with E-state index < -0.39 is 21.9 Å². The van der Waals surface area contributed by atoms with E-state index in [0.29, 0.717) is 49.7 Å². The monoisotopic (exact) mass is 581 g/mol. The summed E-state index contributed by atoms with van der Waals surface area (Å²) >= 11 is -0.568. The van der Waals surface area contributed by atoms with Crippen LogP contribution in [0.5, 0.6) is 0 Å². The van der Waals surface area contributed by atoms with Crippen molar-refractivity contribution in [2.75, 3.05) is 37.2 Å². The topological polar surface area (TPSA) is 125 Å². The van der Waals surface area contributed by atoms with Crippen molar-refractivity contribution < 1.29 is 14.0 Å². The van der Waals surface area contributed by atoms with Crippen LogP contribution in [0.4, 0.5) is 20.7 Å². The number of carbonyl (C=O) groups is 2. The number of pyridine rings is 2. The molecule has 4 rings (SSSR count). The summed E-state index contributed by atoms with van der Waals surface area (Å²) in [6.07, 6.45) is 1.43. The first kappa shape index (κ1) is 27.5. The van der Waals surface area contributed by atoms with Gasteiger partial charge in [0.1, 0.15) is 5.82 Å². The molecule has 0 radical (unpaired) electrons. The summed E-state index contributed by atoms with van der Waals surface area (Å²) in [5.41, 5.74) is 9.38. The summed E-state index contributed by atoms with van der Waals surface area (Å²) in [4.78, 5) is 36.0. The fourth-order valence-corrected chi connectivity index (χ4v) is 6.07. The van der Waals surface area contributed by atoms with Crippen LogP contribution < -0.4 is 26.2 Å². The molecule has 1 fully saturated rings. The van der Waals surface area contributed by atoms with Crippen molar-refractivity contribution >= 4 is 43.7 Å². The average Bonchev–Trinajstić information content (AvgIpc) is 3.33. The molecule has 0 spiro atoms. The summed E-state index contributed by atoms with van der Waals surface area (Å²) in [5, 5.41) is 9.55. The molecule has 2 unspecified atom stereocenters. The van der Waals surface area contributed by atoms with Crippen LogP contribution in [0, 0.1) is 0 Å². The van der Waals surface area contributed by atoms with Crippen molar-refractivity contribution in [2.24, 2.45) is 0 Å². The number of alkyl halides is 1. The molecular formula is C27H33AsFN7O2.